The van der Waals surface area contributed by atoms with E-state index in [9.17, 15) is 9.90 Å². The highest BCUT2D eigenvalue weighted by Crippen LogP contribution is 2.40. The Balaban J connectivity index is 1.38. The number of rotatable bonds is 8. The highest BCUT2D eigenvalue weighted by molar-refractivity contribution is 6.32. The fourth-order valence-corrected chi connectivity index (χ4v) is 5.18. The van der Waals surface area contributed by atoms with E-state index in [1.165, 1.54) is 0 Å². The summed E-state index contributed by atoms with van der Waals surface area (Å²) in [7, 11) is 0. The molecule has 0 fully saturated rings. The van der Waals surface area contributed by atoms with E-state index in [0.29, 0.717) is 44.2 Å². The van der Waals surface area contributed by atoms with Crippen LogP contribution in [-0.4, -0.2) is 40.6 Å². The summed E-state index contributed by atoms with van der Waals surface area (Å²) in [6, 6.07) is 13.9. The molecule has 1 aromatic heterocycles. The van der Waals surface area contributed by atoms with Crippen LogP contribution in [0.1, 0.15) is 16.7 Å². The van der Waals surface area contributed by atoms with Crippen molar-refractivity contribution in [2.24, 2.45) is 0 Å². The van der Waals surface area contributed by atoms with Gasteiger partial charge in [0.1, 0.15) is 6.04 Å². The Labute approximate surface area is 222 Å². The molecule has 6 rings (SSSR count). The first-order valence-corrected chi connectivity index (χ1v) is 12.4. The van der Waals surface area contributed by atoms with Gasteiger partial charge in [0.25, 0.3) is 0 Å². The summed E-state index contributed by atoms with van der Waals surface area (Å²) < 4.78 is 21.9. The molecule has 0 spiro atoms. The zero-order chi connectivity index (χ0) is 25.5. The second-order valence-electron chi connectivity index (χ2n) is 8.92. The molecule has 4 aromatic rings. The molecule has 3 heterocycles. The molecule has 0 saturated carbocycles. The number of carboxylic acids is 1. The molecule has 10 heteroatoms. The van der Waals surface area contributed by atoms with Crippen molar-refractivity contribution < 1.29 is 28.8 Å². The van der Waals surface area contributed by atoms with Crippen LogP contribution in [-0.2, 0) is 24.3 Å². The van der Waals surface area contributed by atoms with Gasteiger partial charge in [0.05, 0.1) is 0 Å². The summed E-state index contributed by atoms with van der Waals surface area (Å²) in [5, 5.41) is 12.3. The third-order valence-electron chi connectivity index (χ3n) is 6.64. The molecule has 190 valence electrons. The van der Waals surface area contributed by atoms with Crippen molar-refractivity contribution in [2.75, 3.05) is 13.6 Å². The molecular weight excluding hydrogens is 519 g/mol. The Kier molecular flexibility index (Phi) is 6.24. The summed E-state index contributed by atoms with van der Waals surface area (Å²) in [6.45, 7) is 0.701. The largest absolute Gasteiger partial charge is 0.480 e. The monoisotopic (exact) mass is 540 g/mol. The first kappa shape index (κ1) is 23.8. The van der Waals surface area contributed by atoms with Crippen molar-refractivity contribution in [2.45, 2.75) is 25.6 Å². The predicted octanol–water partition coefficient (Wildman–Crippen LogP) is 5.63. The van der Waals surface area contributed by atoms with Gasteiger partial charge in [-0.05, 0) is 34.9 Å². The summed E-state index contributed by atoms with van der Waals surface area (Å²) in [5.74, 6) is 1.31. The molecule has 2 N–H and O–H groups in total. The van der Waals surface area contributed by atoms with E-state index in [0.717, 1.165) is 16.5 Å². The Morgan fingerprint density at radius 2 is 1.41 bits per heavy atom. The minimum absolute atomic E-state index is 0.115. The summed E-state index contributed by atoms with van der Waals surface area (Å²) in [5.41, 5.74) is 3.29. The number of hydrogen-bond acceptors (Lipinski definition) is 6. The third-order valence-corrected chi connectivity index (χ3v) is 7.35. The lowest BCUT2D eigenvalue weighted by molar-refractivity contribution is -0.143. The number of halogens is 2. The maximum absolute atomic E-state index is 12.7. The summed E-state index contributed by atoms with van der Waals surface area (Å²) >= 11 is 13.2. The van der Waals surface area contributed by atoms with Crippen LogP contribution in [0.3, 0.4) is 0 Å². The Bertz CT molecular complexity index is 1440. The third kappa shape index (κ3) is 4.64. The van der Waals surface area contributed by atoms with Crippen LogP contribution < -0.4 is 18.9 Å². The fourth-order valence-electron chi connectivity index (χ4n) is 4.76. The van der Waals surface area contributed by atoms with Crippen LogP contribution in [0, 0.1) is 0 Å². The summed E-state index contributed by atoms with van der Waals surface area (Å²) in [4.78, 5) is 17.8. The number of hydrogen-bond donors (Lipinski definition) is 2. The molecule has 0 unspecified atom stereocenters. The molecule has 8 nitrogen and oxygen atoms in total. The number of nitrogens with one attached hydrogen (secondary N) is 1. The molecule has 37 heavy (non-hydrogen) atoms. The van der Waals surface area contributed by atoms with Crippen LogP contribution in [0.25, 0.3) is 10.9 Å². The number of para-hydroxylation sites is 1. The average Bonchev–Trinajstić information content (AvgIpc) is 3.62. The van der Waals surface area contributed by atoms with Gasteiger partial charge in [0.2, 0.25) is 13.6 Å². The molecule has 1 atom stereocenters. The smallest absolute Gasteiger partial charge is 0.321 e. The average molecular weight is 541 g/mol. The number of carbonyl (C=O) groups is 1. The molecule has 2 aliphatic rings. The van der Waals surface area contributed by atoms with Gasteiger partial charge < -0.3 is 29.0 Å². The fraction of sp³-hybridized carbons (Fsp3) is 0.222. The number of H-pyrrole nitrogens is 1. The molecule has 0 saturated heterocycles. The Morgan fingerprint density at radius 1 is 0.865 bits per heavy atom. The van der Waals surface area contributed by atoms with Gasteiger partial charge in [0, 0.05) is 58.8 Å². The number of carboxylic acid groups (broad SMARTS) is 1. The van der Waals surface area contributed by atoms with Crippen molar-refractivity contribution in [3.05, 3.63) is 81.5 Å². The molecular formula is C27H22Cl2N2O6. The van der Waals surface area contributed by atoms with E-state index in [4.69, 9.17) is 42.1 Å². The quantitative estimate of drug-likeness (QED) is 0.299. The van der Waals surface area contributed by atoms with E-state index >= 15 is 0 Å². The number of aromatic amines is 1. The van der Waals surface area contributed by atoms with Crippen molar-refractivity contribution in [3.8, 4) is 23.0 Å². The molecule has 3 aromatic carbocycles. The molecule has 0 bridgehead atoms. The van der Waals surface area contributed by atoms with Crippen molar-refractivity contribution in [1.29, 1.82) is 0 Å². The number of aliphatic carboxylic acids is 1. The van der Waals surface area contributed by atoms with Gasteiger partial charge in [-0.3, -0.25) is 9.69 Å². The maximum atomic E-state index is 12.7. The lowest BCUT2D eigenvalue weighted by atomic mass is 10.0. The van der Waals surface area contributed by atoms with E-state index < -0.39 is 12.0 Å². The van der Waals surface area contributed by atoms with E-state index in [-0.39, 0.29) is 33.1 Å². The standard InChI is InChI=1S/C27H22Cl2N2O6/c28-19-8-25-23(34-13-36-25)6-16(19)11-31(12-17-7-24-26(9-20(17)29)37-14-35-24)22(27(32)33)5-15-10-30-21-4-2-1-3-18(15)21/h1-4,6-10,22,30H,5,11-14H2,(H,32,33)/t22-/m0/s1. The number of ether oxygens (including phenoxy) is 4. The van der Waals surface area contributed by atoms with Gasteiger partial charge >= 0.3 is 5.97 Å². The topological polar surface area (TPSA) is 93.3 Å². The summed E-state index contributed by atoms with van der Waals surface area (Å²) in [6.07, 6.45) is 2.13. The van der Waals surface area contributed by atoms with Crippen LogP contribution in [0.5, 0.6) is 23.0 Å². The van der Waals surface area contributed by atoms with Crippen molar-refractivity contribution >= 4 is 40.1 Å². The molecule has 0 aliphatic carbocycles. The normalized spacial score (nSPS) is 14.5. The van der Waals surface area contributed by atoms with Crippen LogP contribution >= 0.6 is 23.2 Å². The zero-order valence-electron chi connectivity index (χ0n) is 19.5. The number of benzene rings is 3. The molecule has 0 amide bonds. The number of fused-ring (bicyclic) bond motifs is 3. The Morgan fingerprint density at radius 3 is 1.97 bits per heavy atom. The lowest BCUT2D eigenvalue weighted by Crippen LogP contribution is -2.42. The minimum Gasteiger partial charge on any atom is -0.480 e. The molecule has 0 radical (unpaired) electrons. The highest BCUT2D eigenvalue weighted by atomic mass is 35.5. The predicted molar refractivity (Wildman–Crippen MR) is 138 cm³/mol. The van der Waals surface area contributed by atoms with E-state index in [2.05, 4.69) is 4.98 Å². The van der Waals surface area contributed by atoms with E-state index in [1.807, 2.05) is 35.4 Å². The van der Waals surface area contributed by atoms with Gasteiger partial charge in [0.15, 0.2) is 23.0 Å². The first-order chi connectivity index (χ1) is 18.0. The minimum atomic E-state index is -0.959. The Hall–Kier alpha value is -3.59. The lowest BCUT2D eigenvalue weighted by Gasteiger charge is -2.30. The first-order valence-electron chi connectivity index (χ1n) is 11.6. The van der Waals surface area contributed by atoms with Crippen LogP contribution in [0.2, 0.25) is 10.0 Å². The number of nitrogens with zero attached hydrogens (tertiary/aromatic N) is 1. The second kappa shape index (κ2) is 9.70. The van der Waals surface area contributed by atoms with Gasteiger partial charge in [-0.25, -0.2) is 0 Å². The van der Waals surface area contributed by atoms with E-state index in [1.54, 1.807) is 24.3 Å². The molecule has 2 aliphatic heterocycles. The SMILES string of the molecule is O=C(O)[C@H](Cc1c[nH]c2ccccc12)N(Cc1cc2c(cc1Cl)OCO2)Cc1cc2c(cc1Cl)OCO2. The maximum Gasteiger partial charge on any atom is 0.321 e. The van der Waals surface area contributed by atoms with Crippen molar-refractivity contribution in [1.82, 2.24) is 9.88 Å². The van der Waals surface area contributed by atoms with Gasteiger partial charge in [-0.1, -0.05) is 41.4 Å². The van der Waals surface area contributed by atoms with Gasteiger partial charge in [-0.15, -0.1) is 0 Å². The second-order valence-corrected chi connectivity index (χ2v) is 9.73. The van der Waals surface area contributed by atoms with Crippen LogP contribution in [0.15, 0.2) is 54.7 Å². The van der Waals surface area contributed by atoms with Gasteiger partial charge in [-0.2, -0.15) is 0 Å². The number of aromatic nitrogens is 1. The van der Waals surface area contributed by atoms with Crippen molar-refractivity contribution in [3.63, 3.8) is 0 Å². The van der Waals surface area contributed by atoms with Crippen LogP contribution in [0.4, 0.5) is 0 Å². The highest BCUT2D eigenvalue weighted by Gasteiger charge is 2.30. The zero-order valence-corrected chi connectivity index (χ0v) is 21.0.